The van der Waals surface area contributed by atoms with Gasteiger partial charge in [0.25, 0.3) is 0 Å². The molecule has 2 N–H and O–H groups in total. The highest BCUT2D eigenvalue weighted by Crippen LogP contribution is 2.24. The summed E-state index contributed by atoms with van der Waals surface area (Å²) in [5.74, 6) is 0. The van der Waals surface area contributed by atoms with Crippen molar-refractivity contribution in [3.8, 4) is 0 Å². The first-order chi connectivity index (χ1) is 7.72. The Kier molecular flexibility index (Phi) is 4.21. The van der Waals surface area contributed by atoms with Crippen molar-refractivity contribution in [3.05, 3.63) is 29.3 Å². The maximum Gasteiger partial charge on any atom is 0.0369 e. The molecule has 2 heteroatoms. The lowest BCUT2D eigenvalue weighted by Gasteiger charge is -2.35. The number of hydrogen-bond acceptors (Lipinski definition) is 2. The van der Waals surface area contributed by atoms with Crippen molar-refractivity contribution >= 4 is 5.69 Å². The van der Waals surface area contributed by atoms with Gasteiger partial charge in [-0.25, -0.2) is 0 Å². The van der Waals surface area contributed by atoms with Gasteiger partial charge in [-0.3, -0.25) is 0 Å². The molecule has 96 valence electrons. The van der Waals surface area contributed by atoms with Gasteiger partial charge in [-0.1, -0.05) is 19.9 Å². The van der Waals surface area contributed by atoms with Crippen LogP contribution in [0.2, 0.25) is 0 Å². The summed E-state index contributed by atoms with van der Waals surface area (Å²) in [6.07, 6.45) is 0. The lowest BCUT2D eigenvalue weighted by Crippen LogP contribution is -2.43. The molecule has 0 aliphatic rings. The molecule has 1 rings (SSSR count). The number of hydrogen-bond donors (Lipinski definition) is 1. The molecule has 1 atom stereocenters. The quantitative estimate of drug-likeness (QED) is 0.867. The monoisotopic (exact) mass is 234 g/mol. The van der Waals surface area contributed by atoms with Crippen molar-refractivity contribution < 1.29 is 0 Å². The van der Waals surface area contributed by atoms with E-state index in [0.717, 1.165) is 6.54 Å². The Morgan fingerprint density at radius 2 is 1.65 bits per heavy atom. The Hall–Kier alpha value is -1.02. The molecule has 0 aromatic heterocycles. The van der Waals surface area contributed by atoms with Crippen LogP contribution < -0.4 is 10.6 Å². The van der Waals surface area contributed by atoms with Crippen LogP contribution in [-0.4, -0.2) is 19.6 Å². The zero-order valence-electron chi connectivity index (χ0n) is 12.0. The van der Waals surface area contributed by atoms with Gasteiger partial charge in [0.05, 0.1) is 0 Å². The minimum Gasteiger partial charge on any atom is -0.374 e. The molecular weight excluding hydrogens is 208 g/mol. The molecule has 0 bridgehead atoms. The summed E-state index contributed by atoms with van der Waals surface area (Å²) < 4.78 is 0. The van der Waals surface area contributed by atoms with Crippen molar-refractivity contribution in [1.82, 2.24) is 0 Å². The second kappa shape index (κ2) is 5.09. The number of anilines is 1. The third-order valence-corrected chi connectivity index (χ3v) is 3.52. The summed E-state index contributed by atoms with van der Waals surface area (Å²) in [5, 5.41) is 0. The Morgan fingerprint density at radius 1 is 1.18 bits per heavy atom. The van der Waals surface area contributed by atoms with Crippen LogP contribution in [0.1, 0.15) is 31.9 Å². The van der Waals surface area contributed by atoms with Gasteiger partial charge >= 0.3 is 0 Å². The number of benzene rings is 1. The second-order valence-corrected chi connectivity index (χ2v) is 5.98. The van der Waals surface area contributed by atoms with Gasteiger partial charge in [-0.15, -0.1) is 0 Å². The maximum atomic E-state index is 6.03. The van der Waals surface area contributed by atoms with Gasteiger partial charge in [0.2, 0.25) is 0 Å². The van der Waals surface area contributed by atoms with E-state index in [4.69, 9.17) is 5.73 Å². The molecule has 0 aliphatic carbocycles. The fourth-order valence-electron chi connectivity index (χ4n) is 2.02. The molecule has 1 aromatic rings. The first-order valence-electron chi connectivity index (χ1n) is 6.27. The van der Waals surface area contributed by atoms with Gasteiger partial charge in [0, 0.05) is 25.3 Å². The van der Waals surface area contributed by atoms with Crippen molar-refractivity contribution in [3.63, 3.8) is 0 Å². The zero-order chi connectivity index (χ0) is 13.2. The summed E-state index contributed by atoms with van der Waals surface area (Å²) in [7, 11) is 2.14. The molecule has 0 amide bonds. The first kappa shape index (κ1) is 14.0. The van der Waals surface area contributed by atoms with E-state index in [9.17, 15) is 0 Å². The Morgan fingerprint density at radius 3 is 2.06 bits per heavy atom. The normalized spacial score (nSPS) is 13.6. The molecule has 1 unspecified atom stereocenters. The molecule has 0 fully saturated rings. The van der Waals surface area contributed by atoms with Crippen molar-refractivity contribution in [2.24, 2.45) is 11.1 Å². The highest BCUT2D eigenvalue weighted by atomic mass is 15.1. The van der Waals surface area contributed by atoms with Crippen molar-refractivity contribution in [1.29, 1.82) is 0 Å². The van der Waals surface area contributed by atoms with Crippen LogP contribution in [-0.2, 0) is 0 Å². The van der Waals surface area contributed by atoms with E-state index < -0.39 is 0 Å². The predicted octanol–water partition coefficient (Wildman–Crippen LogP) is 3.11. The largest absolute Gasteiger partial charge is 0.374 e. The van der Waals surface area contributed by atoms with Gasteiger partial charge < -0.3 is 10.6 Å². The van der Waals surface area contributed by atoms with Gasteiger partial charge in [-0.05, 0) is 49.4 Å². The summed E-state index contributed by atoms with van der Waals surface area (Å²) in [6, 6.07) is 6.85. The van der Waals surface area contributed by atoms with Gasteiger partial charge in [0.1, 0.15) is 0 Å². The Balaban J connectivity index is 2.86. The Labute approximate surface area is 106 Å². The fourth-order valence-corrected chi connectivity index (χ4v) is 2.02. The average molecular weight is 234 g/mol. The molecule has 1 aromatic carbocycles. The molecule has 0 spiro atoms. The minimum atomic E-state index is 0.117. The smallest absolute Gasteiger partial charge is 0.0369 e. The standard InChI is InChI=1S/C15H26N2/c1-11-7-12(2)9-14(8-11)17(6)10-15(4,5)13(3)16/h7-9,13H,10,16H2,1-6H3. The lowest BCUT2D eigenvalue weighted by molar-refractivity contribution is 0.308. The lowest BCUT2D eigenvalue weighted by atomic mass is 9.85. The minimum absolute atomic E-state index is 0.117. The number of aryl methyl sites for hydroxylation is 2. The van der Waals surface area contributed by atoms with E-state index in [2.05, 4.69) is 64.8 Å². The van der Waals surface area contributed by atoms with Crippen LogP contribution in [0.25, 0.3) is 0 Å². The number of nitrogens with two attached hydrogens (primary N) is 1. The first-order valence-corrected chi connectivity index (χ1v) is 6.27. The number of rotatable bonds is 4. The highest BCUT2D eigenvalue weighted by Gasteiger charge is 2.24. The molecule has 0 aliphatic heterocycles. The predicted molar refractivity (Wildman–Crippen MR) is 76.6 cm³/mol. The zero-order valence-corrected chi connectivity index (χ0v) is 12.0. The van der Waals surface area contributed by atoms with Gasteiger partial charge in [0.15, 0.2) is 0 Å². The maximum absolute atomic E-state index is 6.03. The van der Waals surface area contributed by atoms with Crippen molar-refractivity contribution in [2.75, 3.05) is 18.5 Å². The van der Waals surface area contributed by atoms with Crippen LogP contribution >= 0.6 is 0 Å². The molecule has 2 nitrogen and oxygen atoms in total. The third kappa shape index (κ3) is 3.74. The van der Waals surface area contributed by atoms with E-state index in [1.54, 1.807) is 0 Å². The molecule has 0 heterocycles. The van der Waals surface area contributed by atoms with E-state index in [0.29, 0.717) is 0 Å². The van der Waals surface area contributed by atoms with Crippen LogP contribution in [0.5, 0.6) is 0 Å². The van der Waals surface area contributed by atoms with Crippen LogP contribution in [0.15, 0.2) is 18.2 Å². The molecule has 17 heavy (non-hydrogen) atoms. The molecule has 0 radical (unpaired) electrons. The van der Waals surface area contributed by atoms with Crippen molar-refractivity contribution in [2.45, 2.75) is 40.7 Å². The van der Waals surface area contributed by atoms with E-state index in [1.165, 1.54) is 16.8 Å². The second-order valence-electron chi connectivity index (χ2n) is 5.98. The fraction of sp³-hybridized carbons (Fsp3) is 0.600. The highest BCUT2D eigenvalue weighted by molar-refractivity contribution is 5.50. The summed E-state index contributed by atoms with van der Waals surface area (Å²) >= 11 is 0. The topological polar surface area (TPSA) is 29.3 Å². The van der Waals surface area contributed by atoms with Crippen LogP contribution in [0, 0.1) is 19.3 Å². The summed E-state index contributed by atoms with van der Waals surface area (Å²) in [4.78, 5) is 2.30. The molecular formula is C15H26N2. The van der Waals surface area contributed by atoms with Crippen LogP contribution in [0.3, 0.4) is 0 Å². The van der Waals surface area contributed by atoms with Gasteiger partial charge in [-0.2, -0.15) is 0 Å². The molecule has 0 saturated heterocycles. The third-order valence-electron chi connectivity index (χ3n) is 3.52. The summed E-state index contributed by atoms with van der Waals surface area (Å²) in [6.45, 7) is 11.8. The van der Waals surface area contributed by atoms with E-state index in [1.807, 2.05) is 0 Å². The van der Waals surface area contributed by atoms with E-state index >= 15 is 0 Å². The van der Waals surface area contributed by atoms with Crippen LogP contribution in [0.4, 0.5) is 5.69 Å². The molecule has 0 saturated carbocycles. The SMILES string of the molecule is Cc1cc(C)cc(N(C)CC(C)(C)C(C)N)c1. The average Bonchev–Trinajstić information content (AvgIpc) is 2.15. The summed E-state index contributed by atoms with van der Waals surface area (Å²) in [5.41, 5.74) is 10.0. The number of nitrogens with zero attached hydrogens (tertiary/aromatic N) is 1. The van der Waals surface area contributed by atoms with E-state index in [-0.39, 0.29) is 11.5 Å². The Bertz CT molecular complexity index is 360.